The molecule has 0 spiro atoms. The molecule has 3 nitrogen and oxygen atoms in total. The van der Waals surface area contributed by atoms with Gasteiger partial charge in [0.25, 0.3) is 0 Å². The van der Waals surface area contributed by atoms with Gasteiger partial charge in [0.2, 0.25) is 0 Å². The fourth-order valence-corrected chi connectivity index (χ4v) is 1.78. The minimum atomic E-state index is -0.398. The molecule has 0 aliphatic heterocycles. The molecule has 0 aliphatic carbocycles. The molecule has 0 saturated carbocycles. The quantitative estimate of drug-likeness (QED) is 0.739. The molecular formula is C14H13FN2OS. The van der Waals surface area contributed by atoms with Crippen molar-refractivity contribution >= 4 is 24.3 Å². The van der Waals surface area contributed by atoms with Gasteiger partial charge in [-0.25, -0.2) is 9.18 Å². The number of benzene rings is 2. The molecule has 2 rings (SSSR count). The number of hydrogen-bond acceptors (Lipinski definition) is 2. The van der Waals surface area contributed by atoms with Crippen molar-refractivity contribution in [3.05, 3.63) is 59.9 Å². The van der Waals surface area contributed by atoms with Crippen LogP contribution in [0, 0.1) is 5.82 Å². The van der Waals surface area contributed by atoms with Crippen LogP contribution in [-0.4, -0.2) is 6.03 Å². The van der Waals surface area contributed by atoms with Crippen molar-refractivity contribution in [3.63, 3.8) is 0 Å². The molecule has 0 heterocycles. The zero-order valence-electron chi connectivity index (χ0n) is 10.1. The number of thiol groups is 1. The largest absolute Gasteiger partial charge is 0.334 e. The van der Waals surface area contributed by atoms with Crippen molar-refractivity contribution in [1.82, 2.24) is 5.32 Å². The van der Waals surface area contributed by atoms with Crippen LogP contribution in [0.25, 0.3) is 0 Å². The average molecular weight is 276 g/mol. The summed E-state index contributed by atoms with van der Waals surface area (Å²) in [5, 5.41) is 5.24. The number of amides is 2. The predicted molar refractivity (Wildman–Crippen MR) is 76.0 cm³/mol. The van der Waals surface area contributed by atoms with Crippen LogP contribution in [0.15, 0.2) is 53.4 Å². The molecule has 2 aromatic rings. The number of hydrogen-bond donors (Lipinski definition) is 3. The van der Waals surface area contributed by atoms with Crippen molar-refractivity contribution in [2.45, 2.75) is 11.4 Å². The molecule has 2 N–H and O–H groups in total. The Bertz CT molecular complexity index is 589. The highest BCUT2D eigenvalue weighted by Gasteiger charge is 2.05. The highest BCUT2D eigenvalue weighted by Crippen LogP contribution is 2.18. The number of carbonyl (C=O) groups is 1. The molecule has 0 radical (unpaired) electrons. The first-order chi connectivity index (χ1) is 9.16. The van der Waals surface area contributed by atoms with E-state index < -0.39 is 6.03 Å². The molecule has 0 saturated heterocycles. The van der Waals surface area contributed by atoms with E-state index in [1.165, 1.54) is 6.07 Å². The molecule has 0 aromatic heterocycles. The van der Waals surface area contributed by atoms with Gasteiger partial charge in [0.15, 0.2) is 0 Å². The van der Waals surface area contributed by atoms with Crippen molar-refractivity contribution in [2.24, 2.45) is 0 Å². The van der Waals surface area contributed by atoms with E-state index in [2.05, 4.69) is 23.3 Å². The minimum Gasteiger partial charge on any atom is -0.334 e. The molecule has 0 atom stereocenters. The molecular weight excluding hydrogens is 263 g/mol. The van der Waals surface area contributed by atoms with Gasteiger partial charge in [0.05, 0.1) is 5.69 Å². The fraction of sp³-hybridized carbons (Fsp3) is 0.0714. The lowest BCUT2D eigenvalue weighted by Gasteiger charge is -2.09. The zero-order valence-corrected chi connectivity index (χ0v) is 11.0. The van der Waals surface area contributed by atoms with Crippen LogP contribution >= 0.6 is 12.6 Å². The summed E-state index contributed by atoms with van der Waals surface area (Å²) in [4.78, 5) is 12.3. The Morgan fingerprint density at radius 3 is 2.53 bits per heavy atom. The molecule has 0 bridgehead atoms. The summed E-state index contributed by atoms with van der Waals surface area (Å²) in [7, 11) is 0. The first-order valence-electron chi connectivity index (χ1n) is 5.73. The van der Waals surface area contributed by atoms with Crippen molar-refractivity contribution in [2.75, 3.05) is 5.32 Å². The summed E-state index contributed by atoms with van der Waals surface area (Å²) in [6.07, 6.45) is 0. The second-order valence-corrected chi connectivity index (χ2v) is 4.40. The Balaban J connectivity index is 1.92. The summed E-state index contributed by atoms with van der Waals surface area (Å²) in [6.45, 7) is 0.132. The van der Waals surface area contributed by atoms with Gasteiger partial charge in [-0.2, -0.15) is 0 Å². The normalized spacial score (nSPS) is 10.0. The maximum Gasteiger partial charge on any atom is 0.319 e. The standard InChI is InChI=1S/C14H13FN2OS/c15-11-6-2-1-5-10(11)9-16-14(18)17-12-7-3-4-8-13(12)19/h1-8,19H,9H2,(H2,16,17,18). The molecule has 0 aliphatic rings. The first kappa shape index (κ1) is 13.4. The highest BCUT2D eigenvalue weighted by atomic mass is 32.1. The van der Waals surface area contributed by atoms with Gasteiger partial charge >= 0.3 is 6.03 Å². The van der Waals surface area contributed by atoms with Gasteiger partial charge in [-0.05, 0) is 18.2 Å². The molecule has 0 fully saturated rings. The summed E-state index contributed by atoms with van der Waals surface area (Å²) in [6, 6.07) is 13.1. The highest BCUT2D eigenvalue weighted by molar-refractivity contribution is 7.80. The smallest absolute Gasteiger partial charge is 0.319 e. The first-order valence-corrected chi connectivity index (χ1v) is 6.18. The van der Waals surface area contributed by atoms with Crippen LogP contribution < -0.4 is 10.6 Å². The number of carbonyl (C=O) groups excluding carboxylic acids is 1. The third-order valence-electron chi connectivity index (χ3n) is 2.55. The number of nitrogens with one attached hydrogen (secondary N) is 2. The minimum absolute atomic E-state index is 0.132. The molecule has 5 heteroatoms. The van der Waals surface area contributed by atoms with Gasteiger partial charge < -0.3 is 10.6 Å². The van der Waals surface area contributed by atoms with Gasteiger partial charge in [0, 0.05) is 17.0 Å². The maximum absolute atomic E-state index is 13.3. The average Bonchev–Trinajstić information content (AvgIpc) is 2.40. The van der Waals surface area contributed by atoms with E-state index in [4.69, 9.17) is 0 Å². The third kappa shape index (κ3) is 3.72. The van der Waals surface area contributed by atoms with E-state index in [0.29, 0.717) is 16.1 Å². The van der Waals surface area contributed by atoms with Crippen LogP contribution in [0.1, 0.15) is 5.56 Å². The molecule has 2 amide bonds. The lowest BCUT2D eigenvalue weighted by atomic mass is 10.2. The van der Waals surface area contributed by atoms with Gasteiger partial charge in [-0.3, -0.25) is 0 Å². The van der Waals surface area contributed by atoms with Gasteiger partial charge in [-0.1, -0.05) is 30.3 Å². The molecule has 2 aromatic carbocycles. The Morgan fingerprint density at radius 2 is 1.79 bits per heavy atom. The summed E-state index contributed by atoms with van der Waals surface area (Å²) in [5.41, 5.74) is 1.05. The van der Waals surface area contributed by atoms with E-state index in [1.807, 2.05) is 6.07 Å². The summed E-state index contributed by atoms with van der Waals surface area (Å²) >= 11 is 4.22. The number of urea groups is 1. The summed E-state index contributed by atoms with van der Waals surface area (Å²) < 4.78 is 13.3. The van der Waals surface area contributed by atoms with Crippen molar-refractivity contribution < 1.29 is 9.18 Å². The number of anilines is 1. The lowest BCUT2D eigenvalue weighted by molar-refractivity contribution is 0.251. The van der Waals surface area contributed by atoms with Crippen LogP contribution in [0.5, 0.6) is 0 Å². The molecule has 19 heavy (non-hydrogen) atoms. The Morgan fingerprint density at radius 1 is 1.11 bits per heavy atom. The fourth-order valence-electron chi connectivity index (χ4n) is 1.56. The second kappa shape index (κ2) is 6.24. The van der Waals surface area contributed by atoms with Gasteiger partial charge in [-0.15, -0.1) is 12.6 Å². The number of para-hydroxylation sites is 1. The zero-order chi connectivity index (χ0) is 13.7. The monoisotopic (exact) mass is 276 g/mol. The van der Waals surface area contributed by atoms with Crippen LogP contribution in [0.2, 0.25) is 0 Å². The van der Waals surface area contributed by atoms with E-state index in [1.54, 1.807) is 36.4 Å². The lowest BCUT2D eigenvalue weighted by Crippen LogP contribution is -2.28. The Hall–Kier alpha value is -2.01. The molecule has 0 unspecified atom stereocenters. The maximum atomic E-state index is 13.3. The SMILES string of the molecule is O=C(NCc1ccccc1F)Nc1ccccc1S. The Kier molecular flexibility index (Phi) is 4.41. The van der Waals surface area contributed by atoms with Gasteiger partial charge in [0.1, 0.15) is 5.82 Å². The molecule has 98 valence electrons. The summed E-state index contributed by atoms with van der Waals surface area (Å²) in [5.74, 6) is -0.336. The number of halogens is 1. The third-order valence-corrected chi connectivity index (χ3v) is 2.94. The van der Waals surface area contributed by atoms with E-state index in [9.17, 15) is 9.18 Å². The number of rotatable bonds is 3. The topological polar surface area (TPSA) is 41.1 Å². The Labute approximate surface area is 116 Å². The van der Waals surface area contributed by atoms with E-state index >= 15 is 0 Å². The van der Waals surface area contributed by atoms with Crippen LogP contribution in [0.4, 0.5) is 14.9 Å². The van der Waals surface area contributed by atoms with Crippen LogP contribution in [-0.2, 0) is 6.54 Å². The second-order valence-electron chi connectivity index (χ2n) is 3.92. The predicted octanol–water partition coefficient (Wildman–Crippen LogP) is 3.44. The van der Waals surface area contributed by atoms with Crippen LogP contribution in [0.3, 0.4) is 0 Å². The van der Waals surface area contributed by atoms with E-state index in [0.717, 1.165) is 0 Å². The van der Waals surface area contributed by atoms with E-state index in [-0.39, 0.29) is 12.4 Å². The van der Waals surface area contributed by atoms with Crippen molar-refractivity contribution in [1.29, 1.82) is 0 Å². The van der Waals surface area contributed by atoms with Crippen molar-refractivity contribution in [3.8, 4) is 0 Å².